The van der Waals surface area contributed by atoms with Crippen molar-refractivity contribution >= 4 is 38.4 Å². The molecule has 0 saturated carbocycles. The van der Waals surface area contributed by atoms with Crippen molar-refractivity contribution in [2.75, 3.05) is 31.1 Å². The zero-order valence-electron chi connectivity index (χ0n) is 22.5. The second-order valence-electron chi connectivity index (χ2n) is 9.87. The van der Waals surface area contributed by atoms with E-state index in [4.69, 9.17) is 10.5 Å². The third kappa shape index (κ3) is 6.22. The summed E-state index contributed by atoms with van der Waals surface area (Å²) in [4.78, 5) is 35.0. The van der Waals surface area contributed by atoms with Crippen LogP contribution in [0.4, 0.5) is 5.82 Å². The van der Waals surface area contributed by atoms with Crippen LogP contribution in [0.2, 0.25) is 0 Å². The highest BCUT2D eigenvalue weighted by molar-refractivity contribution is 7.90. The topological polar surface area (TPSA) is 147 Å². The second-order valence-corrected chi connectivity index (χ2v) is 11.6. The third-order valence-corrected chi connectivity index (χ3v) is 8.54. The smallest absolute Gasteiger partial charge is 0.264 e. The number of piperazine rings is 1. The van der Waals surface area contributed by atoms with Crippen LogP contribution in [-0.2, 0) is 26.0 Å². The van der Waals surface area contributed by atoms with E-state index in [9.17, 15) is 18.0 Å². The largest absolute Gasteiger partial charge is 0.353 e. The molecule has 1 aliphatic heterocycles. The maximum Gasteiger partial charge on any atom is 0.264 e. The third-order valence-electron chi connectivity index (χ3n) is 7.20. The van der Waals surface area contributed by atoms with Crippen LogP contribution in [0.15, 0.2) is 90.0 Å². The molecule has 0 aliphatic carbocycles. The van der Waals surface area contributed by atoms with E-state index in [0.717, 1.165) is 5.39 Å². The summed E-state index contributed by atoms with van der Waals surface area (Å²) in [6.07, 6.45) is 1.45. The van der Waals surface area contributed by atoms with Gasteiger partial charge in [0, 0.05) is 32.4 Å². The van der Waals surface area contributed by atoms with Gasteiger partial charge in [-0.2, -0.15) is 10.5 Å². The average Bonchev–Trinajstić information content (AvgIpc) is 3.03. The Bertz CT molecular complexity index is 1820. The minimum absolute atomic E-state index is 0.0407. The lowest BCUT2D eigenvalue weighted by molar-refractivity contribution is -0.141. The van der Waals surface area contributed by atoms with Crippen molar-refractivity contribution in [3.8, 4) is 12.1 Å². The minimum Gasteiger partial charge on any atom is -0.353 e. The molecule has 0 radical (unpaired) electrons. The highest BCUT2D eigenvalue weighted by atomic mass is 32.2. The Morgan fingerprint density at radius 1 is 0.857 bits per heavy atom. The molecule has 0 spiro atoms. The summed E-state index contributed by atoms with van der Waals surface area (Å²) < 4.78 is 28.6. The zero-order chi connectivity index (χ0) is 29.7. The molecule has 3 aromatic carbocycles. The summed E-state index contributed by atoms with van der Waals surface area (Å²) in [5.41, 5.74) is 1.49. The van der Waals surface area contributed by atoms with Gasteiger partial charge in [-0.1, -0.05) is 42.5 Å². The zero-order valence-corrected chi connectivity index (χ0v) is 23.3. The molecule has 1 unspecified atom stereocenters. The summed E-state index contributed by atoms with van der Waals surface area (Å²) >= 11 is 0. The van der Waals surface area contributed by atoms with Gasteiger partial charge in [-0.25, -0.2) is 18.1 Å². The molecule has 10 nitrogen and oxygen atoms in total. The average molecular weight is 579 g/mol. The Morgan fingerprint density at radius 3 is 2.17 bits per heavy atom. The number of hydrogen-bond acceptors (Lipinski definition) is 8. The SMILES string of the molecule is N#Cc1ccc(CC(C(=O)NS(=O)(=O)c2ccc3ccccc3c2)C(=O)N2CCN(c3ccc(C#N)cn3)CC2)cc1. The van der Waals surface area contributed by atoms with Crippen LogP contribution in [0.25, 0.3) is 10.8 Å². The molecule has 2 amide bonds. The van der Waals surface area contributed by atoms with Gasteiger partial charge in [0.05, 0.1) is 22.1 Å². The fraction of sp³-hybridized carbons (Fsp3) is 0.194. The number of sulfonamides is 1. The summed E-state index contributed by atoms with van der Waals surface area (Å²) in [6, 6.07) is 25.8. The number of fused-ring (bicyclic) bond motifs is 1. The van der Waals surface area contributed by atoms with E-state index < -0.39 is 27.8 Å². The number of hydrogen-bond donors (Lipinski definition) is 1. The number of amides is 2. The first-order chi connectivity index (χ1) is 20.3. The Morgan fingerprint density at radius 2 is 1.52 bits per heavy atom. The lowest BCUT2D eigenvalue weighted by atomic mass is 9.96. The van der Waals surface area contributed by atoms with Gasteiger partial charge >= 0.3 is 0 Å². The molecule has 1 aromatic heterocycles. The number of anilines is 1. The number of carbonyl (C=O) groups is 2. The van der Waals surface area contributed by atoms with Gasteiger partial charge in [-0.05, 0) is 59.2 Å². The molecule has 42 heavy (non-hydrogen) atoms. The van der Waals surface area contributed by atoms with Crippen molar-refractivity contribution in [1.29, 1.82) is 10.5 Å². The van der Waals surface area contributed by atoms with Gasteiger partial charge in [0.1, 0.15) is 17.8 Å². The second kappa shape index (κ2) is 12.1. The van der Waals surface area contributed by atoms with E-state index >= 15 is 0 Å². The molecular formula is C31H26N6O4S. The van der Waals surface area contributed by atoms with Crippen LogP contribution in [-0.4, -0.2) is 56.3 Å². The first-order valence-electron chi connectivity index (χ1n) is 13.2. The van der Waals surface area contributed by atoms with Gasteiger partial charge < -0.3 is 9.80 Å². The van der Waals surface area contributed by atoms with E-state index in [0.29, 0.717) is 54.1 Å². The first kappa shape index (κ1) is 28.3. The Labute approximate surface area is 243 Å². The van der Waals surface area contributed by atoms with E-state index in [2.05, 4.69) is 9.71 Å². The van der Waals surface area contributed by atoms with Crippen LogP contribution < -0.4 is 9.62 Å². The first-order valence-corrected chi connectivity index (χ1v) is 14.7. The summed E-state index contributed by atoms with van der Waals surface area (Å²) in [5.74, 6) is -2.05. The Hall–Kier alpha value is -5.26. The highest BCUT2D eigenvalue weighted by Crippen LogP contribution is 2.21. The molecule has 1 fully saturated rings. The molecule has 1 atom stereocenters. The number of nitrogens with one attached hydrogen (secondary N) is 1. The number of benzene rings is 3. The summed E-state index contributed by atoms with van der Waals surface area (Å²) in [5, 5.41) is 19.7. The number of aromatic nitrogens is 1. The van der Waals surface area contributed by atoms with Crippen molar-refractivity contribution in [2.24, 2.45) is 5.92 Å². The van der Waals surface area contributed by atoms with Crippen LogP contribution in [0.5, 0.6) is 0 Å². The number of nitrogens with zero attached hydrogens (tertiary/aromatic N) is 5. The predicted octanol–water partition coefficient (Wildman–Crippen LogP) is 2.99. The molecule has 4 aromatic rings. The van der Waals surface area contributed by atoms with Crippen molar-refractivity contribution < 1.29 is 18.0 Å². The predicted molar refractivity (Wildman–Crippen MR) is 155 cm³/mol. The van der Waals surface area contributed by atoms with Crippen LogP contribution in [0.3, 0.4) is 0 Å². The van der Waals surface area contributed by atoms with Gasteiger partial charge in [0.25, 0.3) is 10.0 Å². The summed E-state index contributed by atoms with van der Waals surface area (Å²) in [7, 11) is -4.27. The molecule has 210 valence electrons. The maximum atomic E-state index is 13.7. The molecular weight excluding hydrogens is 552 g/mol. The monoisotopic (exact) mass is 578 g/mol. The normalized spacial score (nSPS) is 14.0. The number of pyridine rings is 1. The van der Waals surface area contributed by atoms with E-state index in [-0.39, 0.29) is 11.3 Å². The van der Waals surface area contributed by atoms with Crippen molar-refractivity contribution in [3.05, 3.63) is 102 Å². The molecule has 1 saturated heterocycles. The van der Waals surface area contributed by atoms with Crippen LogP contribution >= 0.6 is 0 Å². The lowest BCUT2D eigenvalue weighted by Crippen LogP contribution is -2.53. The van der Waals surface area contributed by atoms with Crippen LogP contribution in [0.1, 0.15) is 16.7 Å². The quantitative estimate of drug-likeness (QED) is 0.329. The fourth-order valence-corrected chi connectivity index (χ4v) is 5.91. The van der Waals surface area contributed by atoms with Gasteiger partial charge in [0.2, 0.25) is 11.8 Å². The summed E-state index contributed by atoms with van der Waals surface area (Å²) in [6.45, 7) is 1.50. The van der Waals surface area contributed by atoms with Crippen molar-refractivity contribution in [2.45, 2.75) is 11.3 Å². The standard InChI is InChI=1S/C31H26N6O4S/c32-19-23-7-5-22(6-8-23)17-28(30(38)35-42(40,41)27-11-10-25-3-1-2-4-26(25)18-27)31(39)37-15-13-36(14-16-37)29-12-9-24(20-33)21-34-29/h1-12,18,21,28H,13-17H2,(H,35,38). The molecule has 1 aliphatic rings. The molecule has 0 bridgehead atoms. The minimum atomic E-state index is -4.27. The molecule has 11 heteroatoms. The van der Waals surface area contributed by atoms with E-state index in [1.165, 1.54) is 18.3 Å². The molecule has 2 heterocycles. The van der Waals surface area contributed by atoms with Gasteiger partial charge in [0.15, 0.2) is 0 Å². The Balaban J connectivity index is 1.35. The van der Waals surface area contributed by atoms with Gasteiger partial charge in [-0.15, -0.1) is 0 Å². The lowest BCUT2D eigenvalue weighted by Gasteiger charge is -2.36. The Kier molecular flexibility index (Phi) is 8.14. The molecule has 5 rings (SSSR count). The van der Waals surface area contributed by atoms with E-state index in [1.54, 1.807) is 59.5 Å². The van der Waals surface area contributed by atoms with E-state index in [1.807, 2.05) is 29.2 Å². The maximum absolute atomic E-state index is 13.7. The number of nitriles is 2. The highest BCUT2D eigenvalue weighted by Gasteiger charge is 2.35. The molecule has 1 N–H and O–H groups in total. The number of carbonyl (C=O) groups excluding carboxylic acids is 2. The van der Waals surface area contributed by atoms with Crippen LogP contribution in [0, 0.1) is 28.6 Å². The van der Waals surface area contributed by atoms with Crippen molar-refractivity contribution in [1.82, 2.24) is 14.6 Å². The van der Waals surface area contributed by atoms with Crippen molar-refractivity contribution in [3.63, 3.8) is 0 Å². The fourth-order valence-electron chi connectivity index (χ4n) is 4.86. The number of rotatable bonds is 7. The van der Waals surface area contributed by atoms with Gasteiger partial charge in [-0.3, -0.25) is 9.59 Å².